The minimum Gasteiger partial charge on any atom is -0.458 e. The smallest absolute Gasteiger partial charge is 0.193 e. The predicted molar refractivity (Wildman–Crippen MR) is 68.1 cm³/mol. The van der Waals surface area contributed by atoms with E-state index in [1.54, 1.807) is 18.2 Å². The third-order valence-corrected chi connectivity index (χ3v) is 3.45. The molecule has 1 fully saturated rings. The maximum atomic E-state index is 12.0. The molecule has 0 N–H and O–H groups in total. The van der Waals surface area contributed by atoms with E-state index in [2.05, 4.69) is 15.9 Å². The molecule has 17 heavy (non-hydrogen) atoms. The van der Waals surface area contributed by atoms with Gasteiger partial charge in [0.05, 0.1) is 5.39 Å². The Morgan fingerprint density at radius 3 is 2.94 bits per heavy atom. The van der Waals surface area contributed by atoms with E-state index in [1.165, 1.54) is 0 Å². The lowest BCUT2D eigenvalue weighted by Gasteiger charge is -2.08. The van der Waals surface area contributed by atoms with Crippen molar-refractivity contribution in [3.63, 3.8) is 0 Å². The lowest BCUT2D eigenvalue weighted by atomic mass is 10.1. The molecule has 1 saturated heterocycles. The maximum absolute atomic E-state index is 12.0. The van der Waals surface area contributed by atoms with Gasteiger partial charge >= 0.3 is 0 Å². The van der Waals surface area contributed by atoms with Crippen LogP contribution >= 0.6 is 15.9 Å². The molecular formula is C13H11BrO3. The summed E-state index contributed by atoms with van der Waals surface area (Å²) in [6, 6.07) is 7.00. The highest BCUT2D eigenvalue weighted by atomic mass is 79.9. The third-order valence-electron chi connectivity index (χ3n) is 2.96. The summed E-state index contributed by atoms with van der Waals surface area (Å²) in [5, 5.41) is 0.598. The van der Waals surface area contributed by atoms with Crippen molar-refractivity contribution in [1.82, 2.24) is 0 Å². The highest BCUT2D eigenvalue weighted by molar-refractivity contribution is 9.10. The molecule has 1 aromatic heterocycles. The Kier molecular flexibility index (Phi) is 2.76. The van der Waals surface area contributed by atoms with Crippen molar-refractivity contribution >= 4 is 26.9 Å². The summed E-state index contributed by atoms with van der Waals surface area (Å²) < 4.78 is 12.1. The SMILES string of the molecule is O=c1cc(C2CCCO2)oc2ccc(Br)cc12. The summed E-state index contributed by atoms with van der Waals surface area (Å²) in [6.07, 6.45) is 1.88. The monoisotopic (exact) mass is 294 g/mol. The van der Waals surface area contributed by atoms with E-state index in [-0.39, 0.29) is 11.5 Å². The summed E-state index contributed by atoms with van der Waals surface area (Å²) >= 11 is 3.35. The van der Waals surface area contributed by atoms with Gasteiger partial charge in [-0.25, -0.2) is 0 Å². The molecule has 1 atom stereocenters. The van der Waals surface area contributed by atoms with Gasteiger partial charge in [0, 0.05) is 17.1 Å². The van der Waals surface area contributed by atoms with Gasteiger partial charge in [0.2, 0.25) is 0 Å². The van der Waals surface area contributed by atoms with E-state index in [4.69, 9.17) is 9.15 Å². The van der Waals surface area contributed by atoms with Crippen molar-refractivity contribution in [3.8, 4) is 0 Å². The molecule has 0 aliphatic carbocycles. The normalized spacial score (nSPS) is 19.9. The topological polar surface area (TPSA) is 39.4 Å². The van der Waals surface area contributed by atoms with Crippen LogP contribution in [-0.4, -0.2) is 6.61 Å². The van der Waals surface area contributed by atoms with Gasteiger partial charge in [0.25, 0.3) is 0 Å². The fraction of sp³-hybridized carbons (Fsp3) is 0.308. The summed E-state index contributed by atoms with van der Waals surface area (Å²) in [5.41, 5.74) is 0.601. The number of rotatable bonds is 1. The van der Waals surface area contributed by atoms with Crippen LogP contribution < -0.4 is 5.43 Å². The maximum Gasteiger partial charge on any atom is 0.193 e. The third kappa shape index (κ3) is 2.03. The Labute approximate surface area is 107 Å². The molecule has 0 spiro atoms. The molecule has 4 heteroatoms. The highest BCUT2D eigenvalue weighted by Crippen LogP contribution is 2.29. The largest absolute Gasteiger partial charge is 0.458 e. The van der Waals surface area contributed by atoms with Gasteiger partial charge in [-0.05, 0) is 31.0 Å². The van der Waals surface area contributed by atoms with Gasteiger partial charge in [-0.3, -0.25) is 4.79 Å². The quantitative estimate of drug-likeness (QED) is 0.809. The van der Waals surface area contributed by atoms with Gasteiger partial charge in [0.1, 0.15) is 17.4 Å². The van der Waals surface area contributed by atoms with Crippen molar-refractivity contribution in [1.29, 1.82) is 0 Å². The Bertz CT molecular complexity index is 612. The minimum atomic E-state index is -0.0595. The molecule has 0 amide bonds. The van der Waals surface area contributed by atoms with Gasteiger partial charge in [-0.15, -0.1) is 0 Å². The molecule has 1 aliphatic heterocycles. The molecule has 3 rings (SSSR count). The second-order valence-electron chi connectivity index (χ2n) is 4.16. The van der Waals surface area contributed by atoms with Crippen molar-refractivity contribution in [3.05, 3.63) is 44.7 Å². The van der Waals surface area contributed by atoms with Crippen LogP contribution in [0, 0.1) is 0 Å². The number of benzene rings is 1. The van der Waals surface area contributed by atoms with Crippen LogP contribution in [0.2, 0.25) is 0 Å². The van der Waals surface area contributed by atoms with Crippen LogP contribution in [0.1, 0.15) is 24.7 Å². The van der Waals surface area contributed by atoms with E-state index < -0.39 is 0 Å². The van der Waals surface area contributed by atoms with Crippen molar-refractivity contribution < 1.29 is 9.15 Å². The predicted octanol–water partition coefficient (Wildman–Crippen LogP) is 3.41. The molecule has 0 saturated carbocycles. The molecular weight excluding hydrogens is 284 g/mol. The van der Waals surface area contributed by atoms with Gasteiger partial charge in [-0.1, -0.05) is 15.9 Å². The highest BCUT2D eigenvalue weighted by Gasteiger charge is 2.21. The van der Waals surface area contributed by atoms with Crippen LogP contribution in [0.4, 0.5) is 0 Å². The number of hydrogen-bond donors (Lipinski definition) is 0. The molecule has 88 valence electrons. The Morgan fingerprint density at radius 1 is 1.29 bits per heavy atom. The summed E-state index contributed by atoms with van der Waals surface area (Å²) in [6.45, 7) is 0.743. The molecule has 2 heterocycles. The van der Waals surface area contributed by atoms with Crippen LogP contribution in [0.25, 0.3) is 11.0 Å². The first-order chi connectivity index (χ1) is 8.24. The first kappa shape index (κ1) is 11.0. The van der Waals surface area contributed by atoms with Crippen molar-refractivity contribution in [2.75, 3.05) is 6.61 Å². The summed E-state index contributed by atoms with van der Waals surface area (Å²) in [4.78, 5) is 12.0. The molecule has 1 unspecified atom stereocenters. The molecule has 1 aliphatic rings. The summed E-state index contributed by atoms with van der Waals surface area (Å²) in [7, 11) is 0. The van der Waals surface area contributed by atoms with Gasteiger partial charge in [0.15, 0.2) is 5.43 Å². The average Bonchev–Trinajstić information content (AvgIpc) is 2.83. The fourth-order valence-electron chi connectivity index (χ4n) is 2.11. The van der Waals surface area contributed by atoms with Crippen LogP contribution in [-0.2, 0) is 4.74 Å². The van der Waals surface area contributed by atoms with Gasteiger partial charge in [-0.2, -0.15) is 0 Å². The Morgan fingerprint density at radius 2 is 2.18 bits per heavy atom. The van der Waals surface area contributed by atoms with E-state index in [0.29, 0.717) is 16.7 Å². The van der Waals surface area contributed by atoms with Crippen molar-refractivity contribution in [2.24, 2.45) is 0 Å². The number of fused-ring (bicyclic) bond motifs is 1. The Balaban J connectivity index is 2.17. The van der Waals surface area contributed by atoms with Crippen molar-refractivity contribution in [2.45, 2.75) is 18.9 Å². The van der Waals surface area contributed by atoms with E-state index in [1.807, 2.05) is 6.07 Å². The molecule has 0 radical (unpaired) electrons. The van der Waals surface area contributed by atoms with E-state index in [9.17, 15) is 4.79 Å². The zero-order valence-corrected chi connectivity index (χ0v) is 10.7. The zero-order chi connectivity index (χ0) is 11.8. The Hall–Kier alpha value is -1.13. The number of halogens is 1. The lowest BCUT2D eigenvalue weighted by Crippen LogP contribution is -2.05. The van der Waals surface area contributed by atoms with Gasteiger partial charge < -0.3 is 9.15 Å². The first-order valence-corrected chi connectivity index (χ1v) is 6.38. The molecule has 1 aromatic carbocycles. The van der Waals surface area contributed by atoms with Crippen LogP contribution in [0.5, 0.6) is 0 Å². The first-order valence-electron chi connectivity index (χ1n) is 5.59. The summed E-state index contributed by atoms with van der Waals surface area (Å²) in [5.74, 6) is 0.641. The van der Waals surface area contributed by atoms with E-state index in [0.717, 1.165) is 23.9 Å². The standard InChI is InChI=1S/C13H11BrO3/c14-8-3-4-11-9(6-8)10(15)7-13(17-11)12-2-1-5-16-12/h3-4,6-7,12H,1-2,5H2. The van der Waals surface area contributed by atoms with Crippen LogP contribution in [0.15, 0.2) is 37.9 Å². The zero-order valence-electron chi connectivity index (χ0n) is 9.11. The molecule has 2 aromatic rings. The van der Waals surface area contributed by atoms with Crippen LogP contribution in [0.3, 0.4) is 0 Å². The molecule has 3 nitrogen and oxygen atoms in total. The minimum absolute atomic E-state index is 0.0157. The second-order valence-corrected chi connectivity index (χ2v) is 5.07. The van der Waals surface area contributed by atoms with E-state index >= 15 is 0 Å². The lowest BCUT2D eigenvalue weighted by molar-refractivity contribution is 0.0940. The molecule has 0 bridgehead atoms. The number of hydrogen-bond acceptors (Lipinski definition) is 3. The second kappa shape index (κ2) is 4.27. The average molecular weight is 295 g/mol. The number of ether oxygens (including phenoxy) is 1. The fourth-order valence-corrected chi connectivity index (χ4v) is 2.47.